The van der Waals surface area contributed by atoms with E-state index in [-0.39, 0.29) is 0 Å². The van der Waals surface area contributed by atoms with E-state index in [1.54, 1.807) is 0 Å². The second-order valence-corrected chi connectivity index (χ2v) is 3.86. The predicted octanol–water partition coefficient (Wildman–Crippen LogP) is 2.81. The van der Waals surface area contributed by atoms with Crippen LogP contribution in [0.15, 0.2) is 24.6 Å². The summed E-state index contributed by atoms with van der Waals surface area (Å²) in [5.74, 6) is 1.64. The van der Waals surface area contributed by atoms with Crippen molar-refractivity contribution < 1.29 is 0 Å². The zero-order chi connectivity index (χ0) is 8.23. The SMILES string of the molecule is C1=CC(C2CCCCC2)C=CN1. The first-order valence-electron chi connectivity index (χ1n) is 5.06. The molecule has 0 aromatic heterocycles. The first-order chi connectivity index (χ1) is 5.97. The van der Waals surface area contributed by atoms with Crippen LogP contribution >= 0.6 is 0 Å². The highest BCUT2D eigenvalue weighted by Crippen LogP contribution is 2.31. The van der Waals surface area contributed by atoms with Crippen LogP contribution in [0.4, 0.5) is 0 Å². The number of hydrogen-bond donors (Lipinski definition) is 1. The normalized spacial score (nSPS) is 25.7. The van der Waals surface area contributed by atoms with E-state index in [2.05, 4.69) is 29.9 Å². The highest BCUT2D eigenvalue weighted by molar-refractivity contribution is 5.08. The Labute approximate surface area is 74.5 Å². The van der Waals surface area contributed by atoms with Crippen LogP contribution in [0.5, 0.6) is 0 Å². The summed E-state index contributed by atoms with van der Waals surface area (Å²) in [4.78, 5) is 0. The average Bonchev–Trinajstić information content (AvgIpc) is 2.21. The molecular formula is C11H17N. The Bertz CT molecular complexity index is 175. The highest BCUT2D eigenvalue weighted by atomic mass is 14.8. The lowest BCUT2D eigenvalue weighted by atomic mass is 9.79. The molecule has 1 N–H and O–H groups in total. The monoisotopic (exact) mass is 163 g/mol. The van der Waals surface area contributed by atoms with Gasteiger partial charge in [-0.05, 0) is 31.2 Å². The molecule has 1 aliphatic carbocycles. The lowest BCUT2D eigenvalue weighted by Gasteiger charge is -2.27. The summed E-state index contributed by atoms with van der Waals surface area (Å²) >= 11 is 0. The van der Waals surface area contributed by atoms with E-state index in [4.69, 9.17) is 0 Å². The van der Waals surface area contributed by atoms with E-state index in [9.17, 15) is 0 Å². The third-order valence-corrected chi connectivity index (χ3v) is 3.02. The number of allylic oxidation sites excluding steroid dienone is 2. The fourth-order valence-electron chi connectivity index (χ4n) is 2.29. The van der Waals surface area contributed by atoms with Crippen LogP contribution in [0, 0.1) is 11.8 Å². The van der Waals surface area contributed by atoms with Gasteiger partial charge in [0.05, 0.1) is 0 Å². The van der Waals surface area contributed by atoms with Gasteiger partial charge in [-0.25, -0.2) is 0 Å². The molecule has 66 valence electrons. The smallest absolute Gasteiger partial charge is 0.000949 e. The molecule has 1 saturated carbocycles. The fraction of sp³-hybridized carbons (Fsp3) is 0.636. The van der Waals surface area contributed by atoms with Gasteiger partial charge < -0.3 is 5.32 Å². The molecule has 2 aliphatic rings. The topological polar surface area (TPSA) is 12.0 Å². The molecular weight excluding hydrogens is 146 g/mol. The first kappa shape index (κ1) is 7.90. The molecule has 1 heteroatoms. The molecule has 0 aromatic carbocycles. The van der Waals surface area contributed by atoms with Crippen molar-refractivity contribution >= 4 is 0 Å². The summed E-state index contributed by atoms with van der Waals surface area (Å²) in [5.41, 5.74) is 0. The van der Waals surface area contributed by atoms with Gasteiger partial charge in [0.15, 0.2) is 0 Å². The minimum absolute atomic E-state index is 0.714. The molecule has 1 heterocycles. The van der Waals surface area contributed by atoms with Crippen molar-refractivity contribution in [2.75, 3.05) is 0 Å². The number of rotatable bonds is 1. The summed E-state index contributed by atoms with van der Waals surface area (Å²) < 4.78 is 0. The number of hydrogen-bond acceptors (Lipinski definition) is 1. The van der Waals surface area contributed by atoms with Crippen molar-refractivity contribution in [1.82, 2.24) is 5.32 Å². The van der Waals surface area contributed by atoms with Gasteiger partial charge >= 0.3 is 0 Å². The minimum atomic E-state index is 0.714. The maximum absolute atomic E-state index is 3.09. The van der Waals surface area contributed by atoms with Gasteiger partial charge in [-0.3, -0.25) is 0 Å². The lowest BCUT2D eigenvalue weighted by Crippen LogP contribution is -2.17. The summed E-state index contributed by atoms with van der Waals surface area (Å²) in [6, 6.07) is 0. The maximum atomic E-state index is 3.09. The largest absolute Gasteiger partial charge is 0.368 e. The Morgan fingerprint density at radius 2 is 1.58 bits per heavy atom. The van der Waals surface area contributed by atoms with Crippen molar-refractivity contribution in [3.8, 4) is 0 Å². The molecule has 0 amide bonds. The molecule has 0 radical (unpaired) electrons. The van der Waals surface area contributed by atoms with Crippen LogP contribution < -0.4 is 5.32 Å². The average molecular weight is 163 g/mol. The van der Waals surface area contributed by atoms with Gasteiger partial charge in [0, 0.05) is 5.92 Å². The molecule has 0 bridgehead atoms. The van der Waals surface area contributed by atoms with E-state index in [1.807, 2.05) is 0 Å². The van der Waals surface area contributed by atoms with Crippen molar-refractivity contribution in [2.24, 2.45) is 11.8 Å². The zero-order valence-electron chi connectivity index (χ0n) is 7.50. The number of dihydropyridines is 1. The van der Waals surface area contributed by atoms with Crippen LogP contribution in [0.25, 0.3) is 0 Å². The summed E-state index contributed by atoms with van der Waals surface area (Å²) in [7, 11) is 0. The summed E-state index contributed by atoms with van der Waals surface area (Å²) in [6.45, 7) is 0. The Morgan fingerprint density at radius 1 is 0.917 bits per heavy atom. The quantitative estimate of drug-likeness (QED) is 0.626. The van der Waals surface area contributed by atoms with Crippen molar-refractivity contribution in [1.29, 1.82) is 0 Å². The predicted molar refractivity (Wildman–Crippen MR) is 51.5 cm³/mol. The van der Waals surface area contributed by atoms with Gasteiger partial charge in [-0.1, -0.05) is 31.4 Å². The fourth-order valence-corrected chi connectivity index (χ4v) is 2.29. The molecule has 1 fully saturated rings. The standard InChI is InChI=1S/C11H17N/c1-2-4-10(5-3-1)11-6-8-12-9-7-11/h6-12H,1-5H2. The van der Waals surface area contributed by atoms with E-state index in [0.717, 1.165) is 5.92 Å². The van der Waals surface area contributed by atoms with E-state index in [0.29, 0.717) is 5.92 Å². The van der Waals surface area contributed by atoms with Crippen molar-refractivity contribution in [3.63, 3.8) is 0 Å². The van der Waals surface area contributed by atoms with Gasteiger partial charge in [0.1, 0.15) is 0 Å². The van der Waals surface area contributed by atoms with Crippen molar-refractivity contribution in [3.05, 3.63) is 24.6 Å². The van der Waals surface area contributed by atoms with Crippen molar-refractivity contribution in [2.45, 2.75) is 32.1 Å². The summed E-state index contributed by atoms with van der Waals surface area (Å²) in [6.07, 6.45) is 15.9. The lowest BCUT2D eigenvalue weighted by molar-refractivity contribution is 0.316. The molecule has 2 rings (SSSR count). The third-order valence-electron chi connectivity index (χ3n) is 3.02. The van der Waals surface area contributed by atoms with Crippen LogP contribution in [0.1, 0.15) is 32.1 Å². The zero-order valence-corrected chi connectivity index (χ0v) is 7.50. The molecule has 1 nitrogen and oxygen atoms in total. The molecule has 12 heavy (non-hydrogen) atoms. The molecule has 0 saturated heterocycles. The Morgan fingerprint density at radius 3 is 2.25 bits per heavy atom. The second-order valence-electron chi connectivity index (χ2n) is 3.86. The highest BCUT2D eigenvalue weighted by Gasteiger charge is 2.19. The second kappa shape index (κ2) is 3.79. The Balaban J connectivity index is 1.93. The maximum Gasteiger partial charge on any atom is 0.000949 e. The number of nitrogens with one attached hydrogen (secondary N) is 1. The van der Waals surface area contributed by atoms with E-state index in [1.165, 1.54) is 32.1 Å². The summed E-state index contributed by atoms with van der Waals surface area (Å²) in [5, 5.41) is 3.09. The van der Waals surface area contributed by atoms with Crippen LogP contribution in [0.2, 0.25) is 0 Å². The molecule has 0 atom stereocenters. The van der Waals surface area contributed by atoms with E-state index >= 15 is 0 Å². The van der Waals surface area contributed by atoms with Crippen LogP contribution in [-0.2, 0) is 0 Å². The van der Waals surface area contributed by atoms with Gasteiger partial charge in [-0.15, -0.1) is 0 Å². The van der Waals surface area contributed by atoms with Gasteiger partial charge in [-0.2, -0.15) is 0 Å². The van der Waals surface area contributed by atoms with Crippen LogP contribution in [-0.4, -0.2) is 0 Å². The third kappa shape index (κ3) is 1.71. The van der Waals surface area contributed by atoms with Crippen LogP contribution in [0.3, 0.4) is 0 Å². The Kier molecular flexibility index (Phi) is 2.50. The van der Waals surface area contributed by atoms with Gasteiger partial charge in [0.25, 0.3) is 0 Å². The minimum Gasteiger partial charge on any atom is -0.368 e. The van der Waals surface area contributed by atoms with Gasteiger partial charge in [0.2, 0.25) is 0 Å². The molecule has 1 aliphatic heterocycles. The molecule has 0 spiro atoms. The Hall–Kier alpha value is -0.720. The molecule has 0 unspecified atom stereocenters. The first-order valence-corrected chi connectivity index (χ1v) is 5.06. The van der Waals surface area contributed by atoms with E-state index < -0.39 is 0 Å². The molecule has 0 aromatic rings.